The molecule has 8 heteroatoms. The maximum absolute atomic E-state index is 13.5. The molecule has 150 valence electrons. The van der Waals surface area contributed by atoms with Crippen LogP contribution in [-0.2, 0) is 7.05 Å². The Bertz CT molecular complexity index is 1190. The molecule has 3 aromatic rings. The van der Waals surface area contributed by atoms with Crippen molar-refractivity contribution in [2.45, 2.75) is 25.8 Å². The molecule has 1 unspecified atom stereocenters. The molecule has 4 rings (SSSR count). The minimum Gasteiger partial charge on any atom is -0.497 e. The second-order valence-corrected chi connectivity index (χ2v) is 7.34. The van der Waals surface area contributed by atoms with E-state index in [9.17, 15) is 14.4 Å². The van der Waals surface area contributed by atoms with Gasteiger partial charge in [0.05, 0.1) is 12.5 Å². The fourth-order valence-corrected chi connectivity index (χ4v) is 3.54. The molecule has 29 heavy (non-hydrogen) atoms. The highest BCUT2D eigenvalue weighted by Crippen LogP contribution is 2.37. The molecule has 1 saturated carbocycles. The monoisotopic (exact) mass is 394 g/mol. The van der Waals surface area contributed by atoms with Crippen molar-refractivity contribution in [2.24, 2.45) is 13.0 Å². The molecule has 1 aliphatic rings. The largest absolute Gasteiger partial charge is 0.497 e. The fraction of sp³-hybridized carbons (Fsp3) is 0.333. The third-order valence-electron chi connectivity index (χ3n) is 5.46. The lowest BCUT2D eigenvalue weighted by atomic mass is 10.1. The number of nitrogens with zero attached hydrogens (tertiary/aromatic N) is 3. The highest BCUT2D eigenvalue weighted by Gasteiger charge is 2.36. The van der Waals surface area contributed by atoms with E-state index in [0.717, 1.165) is 18.5 Å². The summed E-state index contributed by atoms with van der Waals surface area (Å²) < 4.78 is 6.45. The highest BCUT2D eigenvalue weighted by molar-refractivity contribution is 6.06. The normalized spacial score (nSPS) is 14.6. The van der Waals surface area contributed by atoms with Gasteiger partial charge in [-0.25, -0.2) is 9.78 Å². The zero-order valence-electron chi connectivity index (χ0n) is 16.5. The van der Waals surface area contributed by atoms with Gasteiger partial charge >= 0.3 is 5.69 Å². The average Bonchev–Trinajstić information content (AvgIpc) is 3.57. The Kier molecular flexibility index (Phi) is 4.70. The Morgan fingerprint density at radius 3 is 2.52 bits per heavy atom. The summed E-state index contributed by atoms with van der Waals surface area (Å²) in [6.45, 7) is 2.03. The molecule has 1 fully saturated rings. The lowest BCUT2D eigenvalue weighted by molar-refractivity contribution is 0.0971. The molecule has 1 N–H and O–H groups in total. The number of ether oxygens (including phenoxy) is 1. The minimum atomic E-state index is -0.571. The number of hydrogen-bond acceptors (Lipinski definition) is 5. The van der Waals surface area contributed by atoms with E-state index < -0.39 is 11.2 Å². The maximum atomic E-state index is 13.5. The second-order valence-electron chi connectivity index (χ2n) is 7.34. The van der Waals surface area contributed by atoms with Crippen LogP contribution in [0.1, 0.15) is 30.3 Å². The van der Waals surface area contributed by atoms with Gasteiger partial charge in [-0.05, 0) is 62.1 Å². The molecule has 2 heterocycles. The third kappa shape index (κ3) is 3.41. The van der Waals surface area contributed by atoms with Crippen LogP contribution in [0.15, 0.2) is 46.0 Å². The van der Waals surface area contributed by atoms with Crippen LogP contribution in [0.25, 0.3) is 11.0 Å². The van der Waals surface area contributed by atoms with Gasteiger partial charge in [-0.2, -0.15) is 0 Å². The van der Waals surface area contributed by atoms with Gasteiger partial charge in [0.1, 0.15) is 17.1 Å². The van der Waals surface area contributed by atoms with Crippen molar-refractivity contribution < 1.29 is 9.53 Å². The molecule has 1 aliphatic carbocycles. The van der Waals surface area contributed by atoms with Crippen molar-refractivity contribution in [1.29, 1.82) is 0 Å². The molecule has 1 amide bonds. The Balaban J connectivity index is 1.80. The maximum Gasteiger partial charge on any atom is 0.329 e. The number of methoxy groups -OCH3 is 1. The second kappa shape index (κ2) is 7.20. The Labute approximate surface area is 166 Å². The number of aromatic amines is 1. The number of benzene rings is 1. The van der Waals surface area contributed by atoms with Crippen molar-refractivity contribution in [3.8, 4) is 5.75 Å². The molecule has 2 aromatic heterocycles. The molecule has 1 aromatic carbocycles. The number of rotatable bonds is 5. The van der Waals surface area contributed by atoms with Crippen LogP contribution < -0.4 is 20.9 Å². The summed E-state index contributed by atoms with van der Waals surface area (Å²) in [4.78, 5) is 45.7. The summed E-state index contributed by atoms with van der Waals surface area (Å²) >= 11 is 0. The number of hydrogen-bond donors (Lipinski definition) is 1. The molecular formula is C21H22N4O4. The van der Waals surface area contributed by atoms with Gasteiger partial charge in [-0.3, -0.25) is 19.1 Å². The van der Waals surface area contributed by atoms with Crippen LogP contribution in [0.2, 0.25) is 0 Å². The summed E-state index contributed by atoms with van der Waals surface area (Å²) in [6, 6.07) is 10.4. The first-order valence-electron chi connectivity index (χ1n) is 9.48. The van der Waals surface area contributed by atoms with Crippen molar-refractivity contribution in [2.75, 3.05) is 12.0 Å². The van der Waals surface area contributed by atoms with E-state index in [1.807, 2.05) is 31.2 Å². The summed E-state index contributed by atoms with van der Waals surface area (Å²) in [5, 5.41) is 0.259. The lowest BCUT2D eigenvalue weighted by Gasteiger charge is -2.29. The number of H-pyrrole nitrogens is 1. The van der Waals surface area contributed by atoms with E-state index in [1.54, 1.807) is 12.0 Å². The highest BCUT2D eigenvalue weighted by atomic mass is 16.5. The van der Waals surface area contributed by atoms with E-state index in [1.165, 1.54) is 23.7 Å². The zero-order chi connectivity index (χ0) is 20.7. The van der Waals surface area contributed by atoms with Crippen molar-refractivity contribution >= 4 is 22.6 Å². The molecule has 0 aliphatic heterocycles. The third-order valence-corrected chi connectivity index (χ3v) is 5.46. The number of amides is 1. The number of carbonyl (C=O) groups is 1. The number of aryl methyl sites for hydroxylation is 1. The van der Waals surface area contributed by atoms with Crippen molar-refractivity contribution in [1.82, 2.24) is 14.5 Å². The van der Waals surface area contributed by atoms with Crippen LogP contribution in [0.4, 0.5) is 5.69 Å². The van der Waals surface area contributed by atoms with Crippen LogP contribution in [0.3, 0.4) is 0 Å². The Hall–Kier alpha value is -3.42. The number of nitrogens with one attached hydrogen (secondary N) is 1. The zero-order valence-corrected chi connectivity index (χ0v) is 16.5. The predicted molar refractivity (Wildman–Crippen MR) is 110 cm³/mol. The quantitative estimate of drug-likeness (QED) is 0.715. The minimum absolute atomic E-state index is 0.00334. The number of fused-ring (bicyclic) bond motifs is 1. The number of aromatic nitrogens is 3. The molecular weight excluding hydrogens is 372 g/mol. The van der Waals surface area contributed by atoms with E-state index in [0.29, 0.717) is 11.7 Å². The summed E-state index contributed by atoms with van der Waals surface area (Å²) in [5.41, 5.74) is 0.0163. The first-order chi connectivity index (χ1) is 13.9. The van der Waals surface area contributed by atoms with Crippen molar-refractivity contribution in [3.05, 3.63) is 62.9 Å². The first kappa shape index (κ1) is 18.9. The van der Waals surface area contributed by atoms with Gasteiger partial charge in [0.2, 0.25) is 0 Å². The summed E-state index contributed by atoms with van der Waals surface area (Å²) in [5.74, 6) is 0.871. The van der Waals surface area contributed by atoms with E-state index >= 15 is 0 Å². The lowest BCUT2D eigenvalue weighted by Crippen LogP contribution is -2.40. The van der Waals surface area contributed by atoms with Crippen LogP contribution in [0.5, 0.6) is 5.75 Å². The van der Waals surface area contributed by atoms with E-state index in [2.05, 4.69) is 9.97 Å². The summed E-state index contributed by atoms with van der Waals surface area (Å²) in [6.07, 6.45) is 2.16. The van der Waals surface area contributed by atoms with Gasteiger partial charge in [0.25, 0.3) is 11.5 Å². The van der Waals surface area contributed by atoms with Gasteiger partial charge in [-0.1, -0.05) is 0 Å². The van der Waals surface area contributed by atoms with Gasteiger partial charge in [-0.15, -0.1) is 0 Å². The van der Waals surface area contributed by atoms with Crippen molar-refractivity contribution in [3.63, 3.8) is 0 Å². The molecule has 1 atom stereocenters. The van der Waals surface area contributed by atoms with Crippen LogP contribution in [0, 0.1) is 5.92 Å². The first-order valence-corrected chi connectivity index (χ1v) is 9.48. The van der Waals surface area contributed by atoms with E-state index in [-0.39, 0.29) is 28.7 Å². The summed E-state index contributed by atoms with van der Waals surface area (Å²) in [7, 11) is 3.10. The van der Waals surface area contributed by atoms with Gasteiger partial charge < -0.3 is 9.64 Å². The fourth-order valence-electron chi connectivity index (χ4n) is 3.54. The molecule has 0 saturated heterocycles. The molecule has 0 bridgehead atoms. The van der Waals surface area contributed by atoms with Crippen LogP contribution in [-0.4, -0.2) is 33.6 Å². The van der Waals surface area contributed by atoms with Gasteiger partial charge in [0.15, 0.2) is 0 Å². The smallest absolute Gasteiger partial charge is 0.329 e. The SMILES string of the molecule is COc1ccc(N(C(=O)c2ccc3c(=O)[nH]c(=O)n(C)c3n2)C(C)C2CC2)cc1. The average molecular weight is 394 g/mol. The number of carbonyl (C=O) groups excluding carboxylic acids is 1. The topological polar surface area (TPSA) is 97.3 Å². The molecule has 0 radical (unpaired) electrons. The standard InChI is InChI=1S/C21H22N4O4/c1-12(13-4-5-13)25(14-6-8-15(29-3)9-7-14)20(27)17-11-10-16-18(22-17)24(2)21(28)23-19(16)26/h6-13H,4-5H2,1-3H3,(H,23,26,28). The number of pyridine rings is 1. The predicted octanol–water partition coefficient (Wildman–Crippen LogP) is 2.08. The number of anilines is 1. The Morgan fingerprint density at radius 1 is 1.21 bits per heavy atom. The van der Waals surface area contributed by atoms with Gasteiger partial charge in [0, 0.05) is 18.8 Å². The molecule has 8 nitrogen and oxygen atoms in total. The Morgan fingerprint density at radius 2 is 1.90 bits per heavy atom. The van der Waals surface area contributed by atoms with E-state index in [4.69, 9.17) is 4.74 Å². The molecule has 0 spiro atoms. The van der Waals surface area contributed by atoms with Crippen LogP contribution >= 0.6 is 0 Å².